The third kappa shape index (κ3) is 4.84. The number of aromatic nitrogens is 3. The average Bonchev–Trinajstić information content (AvgIpc) is 2.77. The van der Waals surface area contributed by atoms with Crippen molar-refractivity contribution in [2.24, 2.45) is 0 Å². The topological polar surface area (TPSA) is 84.8 Å². The Balaban J connectivity index is 1.59. The van der Waals surface area contributed by atoms with E-state index in [9.17, 15) is 21.6 Å². The van der Waals surface area contributed by atoms with Crippen molar-refractivity contribution < 1.29 is 21.6 Å². The second-order valence-corrected chi connectivity index (χ2v) is 10.4. The van der Waals surface area contributed by atoms with Crippen molar-refractivity contribution in [3.63, 3.8) is 0 Å². The molecule has 3 heterocycles. The van der Waals surface area contributed by atoms with Gasteiger partial charge in [-0.15, -0.1) is 0 Å². The molecule has 0 saturated heterocycles. The molecule has 5 rings (SSSR count). The maximum Gasteiger partial charge on any atom is 0.433 e. The van der Waals surface area contributed by atoms with E-state index in [0.29, 0.717) is 27.9 Å². The van der Waals surface area contributed by atoms with Gasteiger partial charge >= 0.3 is 6.18 Å². The van der Waals surface area contributed by atoms with Gasteiger partial charge in [0.2, 0.25) is 10.0 Å². The van der Waals surface area contributed by atoms with Crippen LogP contribution in [0.3, 0.4) is 0 Å². The second-order valence-electron chi connectivity index (χ2n) is 8.68. The van der Waals surface area contributed by atoms with Crippen LogP contribution in [-0.4, -0.2) is 29.6 Å². The predicted octanol–water partition coefficient (Wildman–Crippen LogP) is 6.02. The molecule has 4 aromatic rings. The molecule has 0 atom stereocenters. The Kier molecular flexibility index (Phi) is 5.71. The molecule has 0 amide bonds. The van der Waals surface area contributed by atoms with Crippen molar-refractivity contribution in [3.8, 4) is 22.3 Å². The lowest BCUT2D eigenvalue weighted by atomic mass is 9.82. The second kappa shape index (κ2) is 8.60. The van der Waals surface area contributed by atoms with Crippen molar-refractivity contribution in [3.05, 3.63) is 72.4 Å². The first-order chi connectivity index (χ1) is 16.6. The monoisotopic (exact) mass is 498 g/mol. The molecule has 10 heteroatoms. The number of anilines is 1. The first-order valence-electron chi connectivity index (χ1n) is 11.0. The Labute approximate surface area is 200 Å². The van der Waals surface area contributed by atoms with E-state index in [1.54, 1.807) is 24.5 Å². The fraction of sp³-hybridized carbons (Fsp3) is 0.240. The minimum atomic E-state index is -4.51. The minimum Gasteiger partial charge on any atom is -0.282 e. The lowest BCUT2D eigenvalue weighted by Gasteiger charge is -2.27. The molecule has 1 saturated carbocycles. The zero-order valence-electron chi connectivity index (χ0n) is 18.7. The summed E-state index contributed by atoms with van der Waals surface area (Å²) in [4.78, 5) is 12.5. The Morgan fingerprint density at radius 1 is 0.914 bits per heavy atom. The number of fused-ring (bicyclic) bond motifs is 1. The van der Waals surface area contributed by atoms with Crippen LogP contribution in [0.2, 0.25) is 0 Å². The van der Waals surface area contributed by atoms with Gasteiger partial charge in [-0.25, -0.2) is 8.42 Å². The van der Waals surface area contributed by atoms with Gasteiger partial charge in [-0.2, -0.15) is 13.2 Å². The third-order valence-corrected chi connectivity index (χ3v) is 6.74. The van der Waals surface area contributed by atoms with Gasteiger partial charge in [0.15, 0.2) is 0 Å². The highest BCUT2D eigenvalue weighted by Gasteiger charge is 2.32. The van der Waals surface area contributed by atoms with Crippen LogP contribution >= 0.6 is 0 Å². The molecule has 3 aromatic heterocycles. The van der Waals surface area contributed by atoms with Crippen molar-refractivity contribution in [2.45, 2.75) is 31.4 Å². The minimum absolute atomic E-state index is 0.230. The van der Waals surface area contributed by atoms with Gasteiger partial charge in [0.25, 0.3) is 0 Å². The van der Waals surface area contributed by atoms with Gasteiger partial charge in [-0.3, -0.25) is 19.7 Å². The lowest BCUT2D eigenvalue weighted by molar-refractivity contribution is -0.141. The smallest absolute Gasteiger partial charge is 0.282 e. The van der Waals surface area contributed by atoms with Gasteiger partial charge < -0.3 is 0 Å². The summed E-state index contributed by atoms with van der Waals surface area (Å²) in [5, 5.41) is 0.729. The summed E-state index contributed by atoms with van der Waals surface area (Å²) in [6, 6.07) is 11.4. The summed E-state index contributed by atoms with van der Waals surface area (Å²) in [5.41, 5.74) is 3.62. The Hall–Kier alpha value is -3.53. The number of nitrogens with zero attached hydrogens (tertiary/aromatic N) is 3. The molecule has 0 bridgehead atoms. The number of hydrogen-bond acceptors (Lipinski definition) is 5. The molecule has 1 N–H and O–H groups in total. The van der Waals surface area contributed by atoms with E-state index in [-0.39, 0.29) is 5.92 Å². The number of sulfonamides is 1. The quantitative estimate of drug-likeness (QED) is 0.364. The average molecular weight is 499 g/mol. The number of rotatable bonds is 5. The van der Waals surface area contributed by atoms with E-state index < -0.39 is 21.9 Å². The zero-order valence-corrected chi connectivity index (χ0v) is 19.5. The Bertz CT molecular complexity index is 1520. The molecule has 35 heavy (non-hydrogen) atoms. The maximum atomic E-state index is 12.9. The number of hydrogen-bond donors (Lipinski definition) is 1. The van der Waals surface area contributed by atoms with Crippen LogP contribution < -0.4 is 4.72 Å². The number of alkyl halides is 3. The highest BCUT2D eigenvalue weighted by Crippen LogP contribution is 2.40. The van der Waals surface area contributed by atoms with Crippen molar-refractivity contribution in [1.82, 2.24) is 15.0 Å². The van der Waals surface area contributed by atoms with Crippen molar-refractivity contribution in [2.75, 3.05) is 11.0 Å². The molecule has 180 valence electrons. The molecule has 0 unspecified atom stereocenters. The number of benzene rings is 1. The highest BCUT2D eigenvalue weighted by molar-refractivity contribution is 7.92. The first-order valence-corrected chi connectivity index (χ1v) is 12.9. The summed E-state index contributed by atoms with van der Waals surface area (Å²) in [6.07, 6.45) is 4.14. The first kappa shape index (κ1) is 23.2. The van der Waals surface area contributed by atoms with Crippen LogP contribution in [0, 0.1) is 0 Å². The molecule has 0 spiro atoms. The number of pyridine rings is 3. The molecule has 1 aliphatic carbocycles. The van der Waals surface area contributed by atoms with E-state index in [1.807, 2.05) is 18.2 Å². The molecular formula is C25H21F3N4O2S. The zero-order chi connectivity index (χ0) is 24.8. The number of nitrogens with one attached hydrogen (secondary N) is 1. The molecule has 6 nitrogen and oxygen atoms in total. The van der Waals surface area contributed by atoms with Crippen molar-refractivity contribution in [1.29, 1.82) is 0 Å². The normalized spacial score (nSPS) is 14.6. The van der Waals surface area contributed by atoms with Crippen LogP contribution in [0.5, 0.6) is 0 Å². The fourth-order valence-electron chi connectivity index (χ4n) is 4.22. The standard InChI is InChI=1S/C25H21F3N4O2S/c1-35(33,34)32-22-12-18(14-31-24(22)15-3-2-4-15)16-5-7-21-20(11-16)19(9-10-29-21)17-6-8-23(30-13-17)25(26,27)28/h5-15,32H,2-4H2,1H3. The predicted molar refractivity (Wildman–Crippen MR) is 128 cm³/mol. The molecule has 0 radical (unpaired) electrons. The maximum absolute atomic E-state index is 12.9. The largest absolute Gasteiger partial charge is 0.433 e. The van der Waals surface area contributed by atoms with E-state index in [4.69, 9.17) is 0 Å². The highest BCUT2D eigenvalue weighted by atomic mass is 32.2. The van der Waals surface area contributed by atoms with Gasteiger partial charge in [0.05, 0.1) is 23.2 Å². The molecule has 1 aromatic carbocycles. The van der Waals surface area contributed by atoms with Gasteiger partial charge in [0.1, 0.15) is 5.69 Å². The van der Waals surface area contributed by atoms with Gasteiger partial charge in [-0.05, 0) is 54.3 Å². The lowest BCUT2D eigenvalue weighted by Crippen LogP contribution is -2.17. The van der Waals surface area contributed by atoms with Gasteiger partial charge in [-0.1, -0.05) is 18.6 Å². The van der Waals surface area contributed by atoms with E-state index in [2.05, 4.69) is 19.7 Å². The van der Waals surface area contributed by atoms with Gasteiger partial charge in [0, 0.05) is 41.0 Å². The molecular weight excluding hydrogens is 477 g/mol. The van der Waals surface area contributed by atoms with Crippen LogP contribution in [-0.2, 0) is 16.2 Å². The third-order valence-electron chi connectivity index (χ3n) is 6.15. The van der Waals surface area contributed by atoms with Crippen LogP contribution in [0.1, 0.15) is 36.6 Å². The van der Waals surface area contributed by atoms with E-state index >= 15 is 0 Å². The summed E-state index contributed by atoms with van der Waals surface area (Å²) in [5.74, 6) is 0.230. The Morgan fingerprint density at radius 2 is 1.66 bits per heavy atom. The Morgan fingerprint density at radius 3 is 2.29 bits per heavy atom. The van der Waals surface area contributed by atoms with Crippen LogP contribution in [0.15, 0.2) is 61.1 Å². The summed E-state index contributed by atoms with van der Waals surface area (Å²) in [6.45, 7) is 0. The van der Waals surface area contributed by atoms with Crippen LogP contribution in [0.4, 0.5) is 18.9 Å². The SMILES string of the molecule is CS(=O)(=O)Nc1cc(-c2ccc3nccc(-c4ccc(C(F)(F)F)nc4)c3c2)cnc1C1CCC1. The molecule has 1 aliphatic rings. The summed E-state index contributed by atoms with van der Waals surface area (Å²) >= 11 is 0. The fourth-order valence-corrected chi connectivity index (χ4v) is 4.78. The van der Waals surface area contributed by atoms with Crippen molar-refractivity contribution >= 4 is 26.6 Å². The molecule has 0 aliphatic heterocycles. The van der Waals surface area contributed by atoms with E-state index in [1.165, 1.54) is 12.3 Å². The summed E-state index contributed by atoms with van der Waals surface area (Å²) < 4.78 is 65.3. The van der Waals surface area contributed by atoms with Crippen LogP contribution in [0.25, 0.3) is 33.2 Å². The molecule has 1 fully saturated rings. The van der Waals surface area contributed by atoms with E-state index in [0.717, 1.165) is 48.2 Å². The summed E-state index contributed by atoms with van der Waals surface area (Å²) in [7, 11) is -3.49. The number of halogens is 3.